The van der Waals surface area contributed by atoms with Crippen molar-refractivity contribution < 1.29 is 9.47 Å². The fourth-order valence-electron chi connectivity index (χ4n) is 2.80. The van der Waals surface area contributed by atoms with Crippen molar-refractivity contribution in [1.29, 1.82) is 0 Å². The molecule has 0 radical (unpaired) electrons. The van der Waals surface area contributed by atoms with E-state index in [1.165, 1.54) is 16.7 Å². The summed E-state index contributed by atoms with van der Waals surface area (Å²) in [6, 6.07) is 10.4. The van der Waals surface area contributed by atoms with Crippen LogP contribution in [0.1, 0.15) is 30.0 Å². The number of benzene rings is 1. The number of likely N-dealkylation sites (N-methyl/N-ethyl adjacent to an activating group) is 1. The van der Waals surface area contributed by atoms with Crippen LogP contribution in [0.3, 0.4) is 0 Å². The minimum atomic E-state index is 0.621. The van der Waals surface area contributed by atoms with E-state index >= 15 is 0 Å². The summed E-state index contributed by atoms with van der Waals surface area (Å²) >= 11 is 0. The lowest BCUT2D eigenvalue weighted by Crippen LogP contribution is -2.16. The van der Waals surface area contributed by atoms with Gasteiger partial charge in [0.25, 0.3) is 0 Å². The van der Waals surface area contributed by atoms with Crippen LogP contribution in [0.5, 0.6) is 11.6 Å². The van der Waals surface area contributed by atoms with Crippen LogP contribution in [0.15, 0.2) is 36.5 Å². The largest absolute Gasteiger partial charge is 0.493 e. The third-order valence-electron chi connectivity index (χ3n) is 4.14. The second-order valence-corrected chi connectivity index (χ2v) is 5.83. The molecule has 1 aromatic carbocycles. The van der Waals surface area contributed by atoms with Crippen LogP contribution in [0, 0.1) is 0 Å². The monoisotopic (exact) mass is 324 g/mol. The summed E-state index contributed by atoms with van der Waals surface area (Å²) in [5, 5.41) is 3.05. The van der Waals surface area contributed by atoms with E-state index in [-0.39, 0.29) is 0 Å². The van der Waals surface area contributed by atoms with Gasteiger partial charge in [-0.3, -0.25) is 0 Å². The third-order valence-corrected chi connectivity index (χ3v) is 4.14. The molecule has 0 fully saturated rings. The van der Waals surface area contributed by atoms with E-state index in [4.69, 9.17) is 9.47 Å². The molecule has 126 valence electrons. The first-order chi connectivity index (χ1) is 11.8. The number of rotatable bonds is 7. The van der Waals surface area contributed by atoms with Gasteiger partial charge in [0.1, 0.15) is 12.4 Å². The Hall–Kier alpha value is -2.33. The predicted octanol–water partition coefficient (Wildman–Crippen LogP) is 3.57. The van der Waals surface area contributed by atoms with E-state index in [1.54, 1.807) is 0 Å². The highest BCUT2D eigenvalue weighted by Gasteiger charge is 2.13. The molecule has 4 nitrogen and oxygen atoms in total. The van der Waals surface area contributed by atoms with Crippen LogP contribution in [0.4, 0.5) is 0 Å². The molecule has 2 heterocycles. The van der Waals surface area contributed by atoms with Crippen LogP contribution in [0.2, 0.25) is 0 Å². The first-order valence-electron chi connectivity index (χ1n) is 8.50. The Labute approximate surface area is 143 Å². The molecule has 0 bridgehead atoms. The number of hydrogen-bond donors (Lipinski definition) is 1. The van der Waals surface area contributed by atoms with E-state index in [0.717, 1.165) is 37.3 Å². The highest BCUT2D eigenvalue weighted by molar-refractivity contribution is 5.81. The number of allylic oxidation sites excluding steroid dienone is 1. The summed E-state index contributed by atoms with van der Waals surface area (Å²) in [6.45, 7) is 4.41. The summed E-state index contributed by atoms with van der Waals surface area (Å²) < 4.78 is 11.2. The molecule has 1 aliphatic heterocycles. The first kappa shape index (κ1) is 16.5. The molecule has 0 spiro atoms. The summed E-state index contributed by atoms with van der Waals surface area (Å²) in [5.41, 5.74) is 4.95. The molecule has 0 saturated carbocycles. The van der Waals surface area contributed by atoms with E-state index < -0.39 is 0 Å². The SMILES string of the molecule is CC/C(=C/c1ccc(OCCNC)nc1)c1ccc2c(c1)CCO2. The number of nitrogens with zero attached hydrogens (tertiary/aromatic N) is 1. The smallest absolute Gasteiger partial charge is 0.213 e. The van der Waals surface area contributed by atoms with Gasteiger partial charge >= 0.3 is 0 Å². The third kappa shape index (κ3) is 3.95. The maximum atomic E-state index is 5.59. The predicted molar refractivity (Wildman–Crippen MR) is 97.5 cm³/mol. The topological polar surface area (TPSA) is 43.4 Å². The van der Waals surface area contributed by atoms with Gasteiger partial charge < -0.3 is 14.8 Å². The van der Waals surface area contributed by atoms with Crippen LogP contribution in [0.25, 0.3) is 11.6 Å². The Bertz CT molecular complexity index is 708. The normalized spacial score (nSPS) is 13.5. The molecule has 4 heteroatoms. The van der Waals surface area contributed by atoms with Crippen LogP contribution in [-0.4, -0.2) is 31.8 Å². The van der Waals surface area contributed by atoms with Crippen molar-refractivity contribution in [1.82, 2.24) is 10.3 Å². The maximum Gasteiger partial charge on any atom is 0.213 e. The lowest BCUT2D eigenvalue weighted by molar-refractivity contribution is 0.306. The Morgan fingerprint density at radius 3 is 3.00 bits per heavy atom. The number of pyridine rings is 1. The zero-order valence-electron chi connectivity index (χ0n) is 14.3. The number of hydrogen-bond acceptors (Lipinski definition) is 4. The average molecular weight is 324 g/mol. The van der Waals surface area contributed by atoms with E-state index in [1.807, 2.05) is 25.4 Å². The zero-order chi connectivity index (χ0) is 16.8. The highest BCUT2D eigenvalue weighted by Crippen LogP contribution is 2.30. The second kappa shape index (κ2) is 7.97. The van der Waals surface area contributed by atoms with Crippen molar-refractivity contribution in [3.8, 4) is 11.6 Å². The summed E-state index contributed by atoms with van der Waals surface area (Å²) in [7, 11) is 1.90. The van der Waals surface area contributed by atoms with Crippen molar-refractivity contribution in [3.05, 3.63) is 53.2 Å². The van der Waals surface area contributed by atoms with Crippen LogP contribution < -0.4 is 14.8 Å². The molecule has 24 heavy (non-hydrogen) atoms. The Morgan fingerprint density at radius 1 is 1.33 bits per heavy atom. The molecular weight excluding hydrogens is 300 g/mol. The molecule has 0 amide bonds. The van der Waals surface area contributed by atoms with Gasteiger partial charge in [-0.25, -0.2) is 4.98 Å². The van der Waals surface area contributed by atoms with Crippen molar-refractivity contribution in [3.63, 3.8) is 0 Å². The lowest BCUT2D eigenvalue weighted by atomic mass is 9.98. The van der Waals surface area contributed by atoms with Gasteiger partial charge in [0.05, 0.1) is 6.61 Å². The number of aromatic nitrogens is 1. The van der Waals surface area contributed by atoms with E-state index in [2.05, 4.69) is 41.5 Å². The molecule has 0 saturated heterocycles. The summed E-state index contributed by atoms with van der Waals surface area (Å²) in [6.07, 6.45) is 6.03. The molecule has 3 rings (SSSR count). The minimum Gasteiger partial charge on any atom is -0.493 e. The quantitative estimate of drug-likeness (QED) is 0.791. The zero-order valence-corrected chi connectivity index (χ0v) is 14.3. The standard InChI is InChI=1S/C20H24N2O2/c1-3-16(17-5-6-19-18(13-17)8-10-23-19)12-15-4-7-20(22-14-15)24-11-9-21-2/h4-7,12-14,21H,3,8-11H2,1-2H3/b16-12-. The number of nitrogens with one attached hydrogen (secondary N) is 1. The van der Waals surface area contributed by atoms with Crippen LogP contribution in [-0.2, 0) is 6.42 Å². The fourth-order valence-corrected chi connectivity index (χ4v) is 2.80. The molecule has 0 aliphatic carbocycles. The Morgan fingerprint density at radius 2 is 2.25 bits per heavy atom. The molecular formula is C20H24N2O2. The van der Waals surface area contributed by atoms with Gasteiger partial charge in [0.15, 0.2) is 0 Å². The van der Waals surface area contributed by atoms with Gasteiger partial charge in [0, 0.05) is 25.2 Å². The summed E-state index contributed by atoms with van der Waals surface area (Å²) in [5.74, 6) is 1.69. The molecule has 1 aliphatic rings. The van der Waals surface area contributed by atoms with E-state index in [0.29, 0.717) is 12.5 Å². The maximum absolute atomic E-state index is 5.59. The van der Waals surface area contributed by atoms with Gasteiger partial charge in [-0.15, -0.1) is 0 Å². The number of ether oxygens (including phenoxy) is 2. The Kier molecular flexibility index (Phi) is 5.49. The molecule has 0 unspecified atom stereocenters. The van der Waals surface area contributed by atoms with Gasteiger partial charge in [-0.05, 0) is 60.0 Å². The molecule has 1 N–H and O–H groups in total. The summed E-state index contributed by atoms with van der Waals surface area (Å²) in [4.78, 5) is 4.37. The first-order valence-corrected chi connectivity index (χ1v) is 8.50. The van der Waals surface area contributed by atoms with Crippen molar-refractivity contribution >= 4 is 11.6 Å². The number of fused-ring (bicyclic) bond motifs is 1. The van der Waals surface area contributed by atoms with Gasteiger partial charge in [-0.1, -0.05) is 13.0 Å². The minimum absolute atomic E-state index is 0.621. The van der Waals surface area contributed by atoms with Gasteiger partial charge in [0.2, 0.25) is 5.88 Å². The average Bonchev–Trinajstić information content (AvgIpc) is 3.09. The van der Waals surface area contributed by atoms with E-state index in [9.17, 15) is 0 Å². The fraction of sp³-hybridized carbons (Fsp3) is 0.350. The second-order valence-electron chi connectivity index (χ2n) is 5.83. The molecule has 0 atom stereocenters. The van der Waals surface area contributed by atoms with Crippen LogP contribution >= 0.6 is 0 Å². The van der Waals surface area contributed by atoms with Gasteiger partial charge in [-0.2, -0.15) is 0 Å². The molecule has 1 aromatic heterocycles. The highest BCUT2D eigenvalue weighted by atomic mass is 16.5. The van der Waals surface area contributed by atoms with Crippen molar-refractivity contribution in [2.45, 2.75) is 19.8 Å². The Balaban J connectivity index is 1.75. The van der Waals surface area contributed by atoms with Crippen molar-refractivity contribution in [2.24, 2.45) is 0 Å². The molecule has 2 aromatic rings. The van der Waals surface area contributed by atoms with Crippen molar-refractivity contribution in [2.75, 3.05) is 26.8 Å². The lowest BCUT2D eigenvalue weighted by Gasteiger charge is -2.08.